The van der Waals surface area contributed by atoms with Crippen LogP contribution in [0.4, 0.5) is 5.69 Å². The van der Waals surface area contributed by atoms with E-state index < -0.39 is 0 Å². The summed E-state index contributed by atoms with van der Waals surface area (Å²) in [5, 5.41) is 10.5. The molecule has 6 nitrogen and oxygen atoms in total. The third kappa shape index (κ3) is 4.02. The van der Waals surface area contributed by atoms with Crippen molar-refractivity contribution < 1.29 is 4.74 Å². The Kier molecular flexibility index (Phi) is 5.30. The van der Waals surface area contributed by atoms with Gasteiger partial charge in [0.2, 0.25) is 0 Å². The summed E-state index contributed by atoms with van der Waals surface area (Å²) >= 11 is 0. The standard InChI is InChI=1S/C22H27N5O/c1-15-5-4-6-20(13-18-9-11-28-12-10-18)27(15)26-17(3)23-19-7-8-21-16(2)24-25-22(21)14-19/h4-8,14,18H,1,9-13H2,2-3H3,(H,23,26)(H,24,25). The molecule has 2 aliphatic heterocycles. The second-order valence-electron chi connectivity index (χ2n) is 7.46. The van der Waals surface area contributed by atoms with Gasteiger partial charge >= 0.3 is 0 Å². The van der Waals surface area contributed by atoms with Crippen molar-refractivity contribution in [1.29, 1.82) is 0 Å². The fourth-order valence-corrected chi connectivity index (χ4v) is 3.74. The molecular formula is C22H27N5O. The van der Waals surface area contributed by atoms with Crippen LogP contribution < -0.4 is 5.43 Å². The van der Waals surface area contributed by atoms with E-state index in [9.17, 15) is 0 Å². The van der Waals surface area contributed by atoms with Crippen LogP contribution in [0.25, 0.3) is 10.9 Å². The molecule has 0 amide bonds. The highest BCUT2D eigenvalue weighted by atomic mass is 16.5. The van der Waals surface area contributed by atoms with Crippen LogP contribution in [0.5, 0.6) is 0 Å². The number of allylic oxidation sites excluding steroid dienone is 4. The van der Waals surface area contributed by atoms with Crippen molar-refractivity contribution in [3.63, 3.8) is 0 Å². The van der Waals surface area contributed by atoms with E-state index in [1.165, 1.54) is 5.70 Å². The molecule has 0 bridgehead atoms. The molecule has 4 rings (SSSR count). The monoisotopic (exact) mass is 377 g/mol. The first-order chi connectivity index (χ1) is 13.6. The van der Waals surface area contributed by atoms with Gasteiger partial charge in [-0.15, -0.1) is 0 Å². The molecular weight excluding hydrogens is 350 g/mol. The topological polar surface area (TPSA) is 65.5 Å². The number of rotatable bonds is 4. The molecule has 0 atom stereocenters. The predicted molar refractivity (Wildman–Crippen MR) is 113 cm³/mol. The lowest BCUT2D eigenvalue weighted by Gasteiger charge is -2.33. The Morgan fingerprint density at radius 1 is 1.39 bits per heavy atom. The van der Waals surface area contributed by atoms with Crippen LogP contribution >= 0.6 is 0 Å². The van der Waals surface area contributed by atoms with Crippen LogP contribution in [0.1, 0.15) is 31.9 Å². The number of aliphatic imine (C=N–C) groups is 1. The summed E-state index contributed by atoms with van der Waals surface area (Å²) in [6, 6.07) is 6.06. The number of ether oxygens (including phenoxy) is 1. The van der Waals surface area contributed by atoms with Gasteiger partial charge in [-0.3, -0.25) is 15.5 Å². The Labute approximate surface area is 165 Å². The average Bonchev–Trinajstić information content (AvgIpc) is 3.06. The van der Waals surface area contributed by atoms with Gasteiger partial charge in [0, 0.05) is 30.0 Å². The zero-order valence-electron chi connectivity index (χ0n) is 16.5. The van der Waals surface area contributed by atoms with E-state index in [1.807, 2.05) is 37.1 Å². The molecule has 28 heavy (non-hydrogen) atoms. The van der Waals surface area contributed by atoms with Gasteiger partial charge in [-0.05, 0) is 69.4 Å². The molecule has 3 heterocycles. The highest BCUT2D eigenvalue weighted by Crippen LogP contribution is 2.28. The number of aromatic amines is 1. The van der Waals surface area contributed by atoms with Gasteiger partial charge in [0.25, 0.3) is 0 Å². The summed E-state index contributed by atoms with van der Waals surface area (Å²) in [6.45, 7) is 9.89. The molecule has 2 aliphatic rings. The minimum Gasteiger partial charge on any atom is -0.381 e. The van der Waals surface area contributed by atoms with Gasteiger partial charge < -0.3 is 4.74 Å². The molecule has 0 saturated carbocycles. The van der Waals surface area contributed by atoms with Crippen molar-refractivity contribution in [3.05, 3.63) is 60.1 Å². The number of hydrogen-bond donors (Lipinski definition) is 2. The lowest BCUT2D eigenvalue weighted by Crippen LogP contribution is -2.40. The van der Waals surface area contributed by atoms with Crippen molar-refractivity contribution in [3.8, 4) is 0 Å². The van der Waals surface area contributed by atoms with Gasteiger partial charge in [0.1, 0.15) is 5.84 Å². The predicted octanol–water partition coefficient (Wildman–Crippen LogP) is 4.51. The maximum absolute atomic E-state index is 5.49. The van der Waals surface area contributed by atoms with Crippen LogP contribution in [0.3, 0.4) is 0 Å². The number of benzene rings is 1. The third-order valence-corrected chi connectivity index (χ3v) is 5.29. The van der Waals surface area contributed by atoms with Gasteiger partial charge in [-0.2, -0.15) is 5.10 Å². The van der Waals surface area contributed by atoms with E-state index in [2.05, 4.69) is 40.4 Å². The molecule has 0 aliphatic carbocycles. The van der Waals surface area contributed by atoms with Crippen LogP contribution in [0.15, 0.2) is 59.4 Å². The number of aromatic nitrogens is 2. The Balaban J connectivity index is 1.49. The van der Waals surface area contributed by atoms with Crippen molar-refractivity contribution in [2.75, 3.05) is 13.2 Å². The average molecular weight is 377 g/mol. The summed E-state index contributed by atoms with van der Waals surface area (Å²) in [4.78, 5) is 4.73. The van der Waals surface area contributed by atoms with Crippen molar-refractivity contribution in [2.24, 2.45) is 10.9 Å². The number of nitrogens with one attached hydrogen (secondary N) is 2. The van der Waals surface area contributed by atoms with Crippen LogP contribution in [0, 0.1) is 12.8 Å². The Hall–Kier alpha value is -2.86. The molecule has 1 fully saturated rings. The quantitative estimate of drug-likeness (QED) is 0.608. The maximum Gasteiger partial charge on any atom is 0.118 e. The lowest BCUT2D eigenvalue weighted by molar-refractivity contribution is 0.0644. The van der Waals surface area contributed by atoms with E-state index in [0.29, 0.717) is 5.92 Å². The maximum atomic E-state index is 5.49. The number of hydrazine groups is 1. The largest absolute Gasteiger partial charge is 0.381 e. The Bertz CT molecular complexity index is 962. The molecule has 1 saturated heterocycles. The van der Waals surface area contributed by atoms with Crippen molar-refractivity contribution >= 4 is 22.4 Å². The molecule has 2 aromatic rings. The van der Waals surface area contributed by atoms with E-state index in [1.54, 1.807) is 0 Å². The highest BCUT2D eigenvalue weighted by molar-refractivity contribution is 5.87. The zero-order chi connectivity index (χ0) is 19.5. The summed E-state index contributed by atoms with van der Waals surface area (Å²) in [5.41, 5.74) is 8.41. The summed E-state index contributed by atoms with van der Waals surface area (Å²) in [5.74, 6) is 1.45. The van der Waals surface area contributed by atoms with E-state index in [0.717, 1.165) is 66.3 Å². The minimum absolute atomic E-state index is 0.645. The lowest BCUT2D eigenvalue weighted by atomic mass is 9.94. The number of H-pyrrole nitrogens is 1. The second-order valence-corrected chi connectivity index (χ2v) is 7.46. The van der Waals surface area contributed by atoms with Crippen LogP contribution in [-0.4, -0.2) is 34.3 Å². The molecule has 0 radical (unpaired) electrons. The number of fused-ring (bicyclic) bond motifs is 1. The van der Waals surface area contributed by atoms with Gasteiger partial charge in [-0.25, -0.2) is 4.99 Å². The van der Waals surface area contributed by atoms with Crippen molar-refractivity contribution in [1.82, 2.24) is 20.6 Å². The second kappa shape index (κ2) is 8.02. The molecule has 2 N–H and O–H groups in total. The number of amidine groups is 1. The molecule has 1 aromatic carbocycles. The highest BCUT2D eigenvalue weighted by Gasteiger charge is 2.21. The normalized spacial score (nSPS) is 18.6. The van der Waals surface area contributed by atoms with Crippen LogP contribution in [-0.2, 0) is 4.74 Å². The molecule has 6 heteroatoms. The first-order valence-electron chi connectivity index (χ1n) is 9.81. The summed E-state index contributed by atoms with van der Waals surface area (Å²) in [6.07, 6.45) is 9.45. The minimum atomic E-state index is 0.645. The molecule has 0 unspecified atom stereocenters. The fourth-order valence-electron chi connectivity index (χ4n) is 3.74. The van der Waals surface area contributed by atoms with Gasteiger partial charge in [0.05, 0.1) is 16.9 Å². The summed E-state index contributed by atoms with van der Waals surface area (Å²) < 4.78 is 5.49. The van der Waals surface area contributed by atoms with E-state index in [-0.39, 0.29) is 0 Å². The zero-order valence-corrected chi connectivity index (χ0v) is 16.5. The first-order valence-corrected chi connectivity index (χ1v) is 9.81. The number of aryl methyl sites for hydroxylation is 1. The number of hydrogen-bond acceptors (Lipinski definition) is 4. The van der Waals surface area contributed by atoms with Crippen LogP contribution in [0.2, 0.25) is 0 Å². The fraction of sp³-hybridized carbons (Fsp3) is 0.364. The summed E-state index contributed by atoms with van der Waals surface area (Å²) in [7, 11) is 0. The van der Waals surface area contributed by atoms with Gasteiger partial charge in [-0.1, -0.05) is 12.7 Å². The molecule has 146 valence electrons. The van der Waals surface area contributed by atoms with Gasteiger partial charge in [0.15, 0.2) is 0 Å². The smallest absolute Gasteiger partial charge is 0.118 e. The number of nitrogens with zero attached hydrogens (tertiary/aromatic N) is 3. The third-order valence-electron chi connectivity index (χ3n) is 5.29. The molecule has 0 spiro atoms. The SMILES string of the molecule is C=C1C=CC=C(CC2CCOCC2)N1NC(C)=Nc1ccc2c(C)[nH]nc2c1. The first kappa shape index (κ1) is 18.5. The van der Waals surface area contributed by atoms with E-state index >= 15 is 0 Å². The van der Waals surface area contributed by atoms with E-state index in [4.69, 9.17) is 9.73 Å². The van der Waals surface area contributed by atoms with Crippen molar-refractivity contribution in [2.45, 2.75) is 33.1 Å². The Morgan fingerprint density at radius 2 is 2.21 bits per heavy atom. The molecule has 1 aromatic heterocycles. The Morgan fingerprint density at radius 3 is 3.04 bits per heavy atom.